The molecule has 0 aliphatic carbocycles. The molecule has 2 rings (SSSR count). The van der Waals surface area contributed by atoms with E-state index in [1.165, 1.54) is 49.0 Å². The van der Waals surface area contributed by atoms with Gasteiger partial charge in [-0.2, -0.15) is 0 Å². The van der Waals surface area contributed by atoms with Gasteiger partial charge in [0, 0.05) is 18.6 Å². The Balaban J connectivity index is 2.02. The normalized spacial score (nSPS) is 21.3. The van der Waals surface area contributed by atoms with Crippen molar-refractivity contribution in [2.24, 2.45) is 0 Å². The van der Waals surface area contributed by atoms with Crippen LogP contribution in [0.4, 0.5) is 0 Å². The monoisotopic (exact) mass is 274 g/mol. The first-order valence-electron chi connectivity index (χ1n) is 8.15. The maximum atomic E-state index is 3.67. The quantitative estimate of drug-likeness (QED) is 0.848. The van der Waals surface area contributed by atoms with Crippen molar-refractivity contribution in [3.8, 4) is 0 Å². The van der Waals surface area contributed by atoms with E-state index in [0.29, 0.717) is 6.04 Å². The molecule has 112 valence electrons. The number of rotatable bonds is 6. The van der Waals surface area contributed by atoms with Gasteiger partial charge < -0.3 is 10.2 Å². The molecule has 0 spiro atoms. The highest BCUT2D eigenvalue weighted by Crippen LogP contribution is 2.23. The van der Waals surface area contributed by atoms with Crippen molar-refractivity contribution in [3.05, 3.63) is 34.9 Å². The molecule has 0 radical (unpaired) electrons. The fourth-order valence-electron chi connectivity index (χ4n) is 3.46. The van der Waals surface area contributed by atoms with Crippen molar-refractivity contribution in [2.75, 3.05) is 19.6 Å². The zero-order chi connectivity index (χ0) is 14.5. The third-order valence-electron chi connectivity index (χ3n) is 4.49. The molecule has 1 fully saturated rings. The third kappa shape index (κ3) is 4.07. The van der Waals surface area contributed by atoms with Crippen molar-refractivity contribution < 1.29 is 0 Å². The molecule has 2 nitrogen and oxygen atoms in total. The van der Waals surface area contributed by atoms with Crippen LogP contribution < -0.4 is 5.32 Å². The van der Waals surface area contributed by atoms with Gasteiger partial charge >= 0.3 is 0 Å². The molecule has 1 aliphatic rings. The van der Waals surface area contributed by atoms with E-state index in [0.717, 1.165) is 12.6 Å². The zero-order valence-corrected chi connectivity index (χ0v) is 13.6. The zero-order valence-electron chi connectivity index (χ0n) is 13.6. The topological polar surface area (TPSA) is 15.3 Å². The summed E-state index contributed by atoms with van der Waals surface area (Å²) in [5.41, 5.74) is 4.20. The number of aryl methyl sites for hydroxylation is 2. The number of hydrogen-bond donors (Lipinski definition) is 1. The van der Waals surface area contributed by atoms with E-state index >= 15 is 0 Å². The van der Waals surface area contributed by atoms with E-state index in [4.69, 9.17) is 0 Å². The summed E-state index contributed by atoms with van der Waals surface area (Å²) in [5, 5.41) is 3.67. The minimum Gasteiger partial charge on any atom is -0.310 e. The molecule has 1 aliphatic heterocycles. The predicted molar refractivity (Wildman–Crippen MR) is 87.2 cm³/mol. The Morgan fingerprint density at radius 3 is 2.50 bits per heavy atom. The van der Waals surface area contributed by atoms with Gasteiger partial charge in [-0.3, -0.25) is 0 Å². The van der Waals surface area contributed by atoms with Gasteiger partial charge in [0.05, 0.1) is 0 Å². The van der Waals surface area contributed by atoms with Crippen molar-refractivity contribution in [3.63, 3.8) is 0 Å². The van der Waals surface area contributed by atoms with Crippen LogP contribution in [0.5, 0.6) is 0 Å². The van der Waals surface area contributed by atoms with Gasteiger partial charge in [-0.1, -0.05) is 36.2 Å². The first kappa shape index (κ1) is 15.5. The molecule has 1 heterocycles. The largest absolute Gasteiger partial charge is 0.310 e. The summed E-state index contributed by atoms with van der Waals surface area (Å²) in [6, 6.07) is 8.21. The van der Waals surface area contributed by atoms with Crippen molar-refractivity contribution in [1.29, 1.82) is 0 Å². The Hall–Kier alpha value is -0.860. The molecular weight excluding hydrogens is 244 g/mol. The Morgan fingerprint density at radius 2 is 1.95 bits per heavy atom. The van der Waals surface area contributed by atoms with Gasteiger partial charge in [0.25, 0.3) is 0 Å². The Kier molecular flexibility index (Phi) is 5.62. The Labute approximate surface area is 124 Å². The summed E-state index contributed by atoms with van der Waals surface area (Å²) >= 11 is 0. The summed E-state index contributed by atoms with van der Waals surface area (Å²) in [4.78, 5) is 2.65. The van der Waals surface area contributed by atoms with Crippen LogP contribution in [0.2, 0.25) is 0 Å². The highest BCUT2D eigenvalue weighted by atomic mass is 15.2. The van der Waals surface area contributed by atoms with Crippen LogP contribution in [-0.4, -0.2) is 30.6 Å². The molecule has 1 aromatic rings. The molecule has 1 saturated heterocycles. The van der Waals surface area contributed by atoms with Gasteiger partial charge in [0.15, 0.2) is 0 Å². The van der Waals surface area contributed by atoms with Crippen molar-refractivity contribution in [2.45, 2.75) is 59.0 Å². The number of nitrogens with one attached hydrogen (secondary N) is 1. The lowest BCUT2D eigenvalue weighted by molar-refractivity contribution is 0.252. The lowest BCUT2D eigenvalue weighted by atomic mass is 9.98. The molecule has 0 amide bonds. The number of likely N-dealkylation sites (tertiary alicyclic amines) is 1. The standard InChI is InChI=1S/C18H30N2/c1-5-19-18(8-10-20-9-6-7-16(20)4)17-12-14(2)11-15(3)13-17/h11-13,16,18-19H,5-10H2,1-4H3. The van der Waals surface area contributed by atoms with Crippen molar-refractivity contribution in [1.82, 2.24) is 10.2 Å². The van der Waals surface area contributed by atoms with Crippen LogP contribution in [0.3, 0.4) is 0 Å². The second kappa shape index (κ2) is 7.24. The first-order chi connectivity index (χ1) is 9.60. The van der Waals surface area contributed by atoms with Crippen LogP contribution in [0.15, 0.2) is 18.2 Å². The maximum Gasteiger partial charge on any atom is 0.0332 e. The van der Waals surface area contributed by atoms with Gasteiger partial charge in [-0.15, -0.1) is 0 Å². The van der Waals surface area contributed by atoms with Gasteiger partial charge in [-0.25, -0.2) is 0 Å². The molecule has 2 heteroatoms. The molecule has 2 atom stereocenters. The molecule has 0 bridgehead atoms. The lowest BCUT2D eigenvalue weighted by Gasteiger charge is -2.25. The Bertz CT molecular complexity index is 407. The summed E-state index contributed by atoms with van der Waals surface area (Å²) in [5.74, 6) is 0. The first-order valence-corrected chi connectivity index (χ1v) is 8.15. The van der Waals surface area contributed by atoms with Gasteiger partial charge in [0.2, 0.25) is 0 Å². The second-order valence-electron chi connectivity index (χ2n) is 6.35. The van der Waals surface area contributed by atoms with Crippen molar-refractivity contribution >= 4 is 0 Å². The highest BCUT2D eigenvalue weighted by molar-refractivity contribution is 5.30. The molecule has 20 heavy (non-hydrogen) atoms. The van der Waals surface area contributed by atoms with Crippen LogP contribution in [-0.2, 0) is 0 Å². The van der Waals surface area contributed by atoms with E-state index < -0.39 is 0 Å². The molecular formula is C18H30N2. The van der Waals surface area contributed by atoms with E-state index in [1.54, 1.807) is 0 Å². The number of hydrogen-bond acceptors (Lipinski definition) is 2. The lowest BCUT2D eigenvalue weighted by Crippen LogP contribution is -2.31. The summed E-state index contributed by atoms with van der Waals surface area (Å²) in [6.45, 7) is 12.5. The van der Waals surface area contributed by atoms with Crippen LogP contribution >= 0.6 is 0 Å². The number of nitrogens with zero attached hydrogens (tertiary/aromatic N) is 1. The minimum absolute atomic E-state index is 0.492. The second-order valence-corrected chi connectivity index (χ2v) is 6.35. The van der Waals surface area contributed by atoms with E-state index in [-0.39, 0.29) is 0 Å². The average molecular weight is 274 g/mol. The third-order valence-corrected chi connectivity index (χ3v) is 4.49. The highest BCUT2D eigenvalue weighted by Gasteiger charge is 2.21. The summed E-state index contributed by atoms with van der Waals surface area (Å²) in [7, 11) is 0. The summed E-state index contributed by atoms with van der Waals surface area (Å²) in [6.07, 6.45) is 3.95. The number of benzene rings is 1. The smallest absolute Gasteiger partial charge is 0.0332 e. The molecule has 2 unspecified atom stereocenters. The van der Waals surface area contributed by atoms with Crippen LogP contribution in [0.25, 0.3) is 0 Å². The van der Waals surface area contributed by atoms with Crippen LogP contribution in [0, 0.1) is 13.8 Å². The minimum atomic E-state index is 0.492. The molecule has 0 saturated carbocycles. The van der Waals surface area contributed by atoms with Crippen LogP contribution in [0.1, 0.15) is 55.8 Å². The fourth-order valence-corrected chi connectivity index (χ4v) is 3.46. The predicted octanol–water partition coefficient (Wildman–Crippen LogP) is 3.83. The van der Waals surface area contributed by atoms with Gasteiger partial charge in [0.1, 0.15) is 0 Å². The molecule has 0 aromatic heterocycles. The summed E-state index contributed by atoms with van der Waals surface area (Å²) < 4.78 is 0. The van der Waals surface area contributed by atoms with E-state index in [1.807, 2.05) is 0 Å². The molecule has 1 aromatic carbocycles. The SMILES string of the molecule is CCNC(CCN1CCCC1C)c1cc(C)cc(C)c1. The molecule has 1 N–H and O–H groups in total. The van der Waals surface area contributed by atoms with E-state index in [9.17, 15) is 0 Å². The Morgan fingerprint density at radius 1 is 1.25 bits per heavy atom. The average Bonchev–Trinajstić information content (AvgIpc) is 2.79. The fraction of sp³-hybridized carbons (Fsp3) is 0.667. The van der Waals surface area contributed by atoms with Gasteiger partial charge in [-0.05, 0) is 58.7 Å². The maximum absolute atomic E-state index is 3.67. The van der Waals surface area contributed by atoms with E-state index in [2.05, 4.69) is 56.1 Å².